The standard InChI is InChI=1S/C10H21N5S/c1-4-7-16-10-12-13-14-15(10)6-5-11-8-9(2)3/h9,11H,4-8H2,1-3H3. The Hall–Kier alpha value is -0.620. The summed E-state index contributed by atoms with van der Waals surface area (Å²) in [7, 11) is 0. The van der Waals surface area contributed by atoms with E-state index in [4.69, 9.17) is 0 Å². The van der Waals surface area contributed by atoms with E-state index >= 15 is 0 Å². The molecule has 0 saturated carbocycles. The van der Waals surface area contributed by atoms with Gasteiger partial charge >= 0.3 is 0 Å². The second-order valence-electron chi connectivity index (χ2n) is 4.13. The Bertz CT molecular complexity index is 286. The van der Waals surface area contributed by atoms with Crippen LogP contribution in [-0.4, -0.2) is 39.0 Å². The summed E-state index contributed by atoms with van der Waals surface area (Å²) in [6, 6.07) is 0. The molecule has 0 saturated heterocycles. The van der Waals surface area contributed by atoms with Crippen LogP contribution in [0, 0.1) is 5.92 Å². The fourth-order valence-electron chi connectivity index (χ4n) is 1.21. The van der Waals surface area contributed by atoms with E-state index in [1.165, 1.54) is 0 Å². The van der Waals surface area contributed by atoms with Crippen molar-refractivity contribution in [3.8, 4) is 0 Å². The molecule has 0 aliphatic heterocycles. The Kier molecular flexibility index (Phi) is 6.40. The van der Waals surface area contributed by atoms with Gasteiger partial charge in [-0.2, -0.15) is 0 Å². The van der Waals surface area contributed by atoms with Gasteiger partial charge in [-0.1, -0.05) is 32.5 Å². The van der Waals surface area contributed by atoms with Crippen molar-refractivity contribution in [1.82, 2.24) is 25.5 Å². The third-order valence-electron chi connectivity index (χ3n) is 1.99. The van der Waals surface area contributed by atoms with Gasteiger partial charge in [0, 0.05) is 12.3 Å². The highest BCUT2D eigenvalue weighted by molar-refractivity contribution is 7.99. The van der Waals surface area contributed by atoms with Crippen molar-refractivity contribution in [3.63, 3.8) is 0 Å². The summed E-state index contributed by atoms with van der Waals surface area (Å²) in [5, 5.41) is 16.0. The maximum Gasteiger partial charge on any atom is 0.209 e. The van der Waals surface area contributed by atoms with Gasteiger partial charge < -0.3 is 5.32 Å². The Morgan fingerprint density at radius 3 is 2.94 bits per heavy atom. The van der Waals surface area contributed by atoms with Crippen LogP contribution >= 0.6 is 11.8 Å². The van der Waals surface area contributed by atoms with Crippen LogP contribution in [-0.2, 0) is 6.54 Å². The van der Waals surface area contributed by atoms with E-state index in [0.717, 1.165) is 37.0 Å². The van der Waals surface area contributed by atoms with E-state index in [-0.39, 0.29) is 0 Å². The Morgan fingerprint density at radius 1 is 1.44 bits per heavy atom. The lowest BCUT2D eigenvalue weighted by molar-refractivity contribution is 0.482. The molecule has 0 fully saturated rings. The fourth-order valence-corrected chi connectivity index (χ4v) is 1.97. The Balaban J connectivity index is 2.27. The first-order valence-electron chi connectivity index (χ1n) is 5.83. The molecule has 0 aliphatic rings. The van der Waals surface area contributed by atoms with E-state index in [2.05, 4.69) is 41.6 Å². The van der Waals surface area contributed by atoms with Crippen LogP contribution in [0.5, 0.6) is 0 Å². The lowest BCUT2D eigenvalue weighted by Gasteiger charge is -2.07. The van der Waals surface area contributed by atoms with Gasteiger partial charge in [-0.05, 0) is 29.3 Å². The van der Waals surface area contributed by atoms with Crippen molar-refractivity contribution in [2.45, 2.75) is 38.9 Å². The molecule has 0 atom stereocenters. The number of nitrogens with zero attached hydrogens (tertiary/aromatic N) is 4. The highest BCUT2D eigenvalue weighted by Gasteiger charge is 2.05. The first-order valence-corrected chi connectivity index (χ1v) is 6.82. The molecule has 1 N–H and O–H groups in total. The maximum atomic E-state index is 4.00. The summed E-state index contributed by atoms with van der Waals surface area (Å²) >= 11 is 1.72. The molecule has 0 bridgehead atoms. The van der Waals surface area contributed by atoms with Gasteiger partial charge in [-0.15, -0.1) is 5.10 Å². The lowest BCUT2D eigenvalue weighted by atomic mass is 10.2. The second kappa shape index (κ2) is 7.62. The molecule has 0 aromatic carbocycles. The Labute approximate surface area is 101 Å². The van der Waals surface area contributed by atoms with E-state index in [1.54, 1.807) is 11.8 Å². The zero-order valence-corrected chi connectivity index (χ0v) is 11.1. The molecular weight excluding hydrogens is 222 g/mol. The topological polar surface area (TPSA) is 55.6 Å². The minimum Gasteiger partial charge on any atom is -0.315 e. The lowest BCUT2D eigenvalue weighted by Crippen LogP contribution is -2.24. The summed E-state index contributed by atoms with van der Waals surface area (Å²) in [5.74, 6) is 1.75. The van der Waals surface area contributed by atoms with E-state index in [0.29, 0.717) is 5.92 Å². The van der Waals surface area contributed by atoms with Crippen molar-refractivity contribution in [3.05, 3.63) is 0 Å². The maximum absolute atomic E-state index is 4.00. The van der Waals surface area contributed by atoms with Gasteiger partial charge in [0.15, 0.2) is 0 Å². The van der Waals surface area contributed by atoms with Gasteiger partial charge in [0.1, 0.15) is 0 Å². The van der Waals surface area contributed by atoms with E-state index in [1.807, 2.05) is 4.68 Å². The summed E-state index contributed by atoms with van der Waals surface area (Å²) in [4.78, 5) is 0. The predicted octanol–water partition coefficient (Wildman–Crippen LogP) is 1.42. The number of aromatic nitrogens is 4. The fraction of sp³-hybridized carbons (Fsp3) is 0.900. The van der Waals surface area contributed by atoms with Gasteiger partial charge in [-0.25, -0.2) is 4.68 Å². The highest BCUT2D eigenvalue weighted by atomic mass is 32.2. The average Bonchev–Trinajstić information content (AvgIpc) is 2.69. The molecular formula is C10H21N5S. The second-order valence-corrected chi connectivity index (χ2v) is 5.19. The van der Waals surface area contributed by atoms with Crippen molar-refractivity contribution in [1.29, 1.82) is 0 Å². The molecule has 5 nitrogen and oxygen atoms in total. The van der Waals surface area contributed by atoms with Crippen LogP contribution in [0.1, 0.15) is 27.2 Å². The summed E-state index contributed by atoms with van der Waals surface area (Å²) in [6.45, 7) is 9.36. The minimum atomic E-state index is 0.683. The van der Waals surface area contributed by atoms with E-state index < -0.39 is 0 Å². The average molecular weight is 243 g/mol. The molecule has 6 heteroatoms. The first kappa shape index (κ1) is 13.4. The molecule has 1 aromatic heterocycles. The normalized spacial score (nSPS) is 11.2. The quantitative estimate of drug-likeness (QED) is 0.553. The molecule has 0 radical (unpaired) electrons. The third kappa shape index (κ3) is 4.94. The first-order chi connectivity index (χ1) is 7.74. The van der Waals surface area contributed by atoms with Crippen molar-refractivity contribution < 1.29 is 0 Å². The van der Waals surface area contributed by atoms with Gasteiger partial charge in [-0.3, -0.25) is 0 Å². The molecule has 92 valence electrons. The molecule has 0 aliphatic carbocycles. The third-order valence-corrected chi connectivity index (χ3v) is 3.15. The Morgan fingerprint density at radius 2 is 2.25 bits per heavy atom. The largest absolute Gasteiger partial charge is 0.315 e. The predicted molar refractivity (Wildman–Crippen MR) is 66.5 cm³/mol. The number of hydrogen-bond acceptors (Lipinski definition) is 5. The minimum absolute atomic E-state index is 0.683. The van der Waals surface area contributed by atoms with E-state index in [9.17, 15) is 0 Å². The summed E-state index contributed by atoms with van der Waals surface area (Å²) < 4.78 is 1.87. The molecule has 1 aromatic rings. The number of hydrogen-bond donors (Lipinski definition) is 1. The van der Waals surface area contributed by atoms with Crippen LogP contribution in [0.2, 0.25) is 0 Å². The molecule has 0 amide bonds. The van der Waals surface area contributed by atoms with Gasteiger partial charge in [0.05, 0.1) is 6.54 Å². The van der Waals surface area contributed by atoms with Crippen LogP contribution in [0.4, 0.5) is 0 Å². The van der Waals surface area contributed by atoms with Crippen LogP contribution in [0.15, 0.2) is 5.16 Å². The molecule has 1 heterocycles. The van der Waals surface area contributed by atoms with Crippen molar-refractivity contribution in [2.24, 2.45) is 5.92 Å². The zero-order chi connectivity index (χ0) is 11.8. The molecule has 1 rings (SSSR count). The van der Waals surface area contributed by atoms with Crippen molar-refractivity contribution in [2.75, 3.05) is 18.8 Å². The molecule has 0 spiro atoms. The van der Waals surface area contributed by atoms with Crippen LogP contribution < -0.4 is 5.32 Å². The monoisotopic (exact) mass is 243 g/mol. The van der Waals surface area contributed by atoms with Gasteiger partial charge in [0.2, 0.25) is 5.16 Å². The number of thioether (sulfide) groups is 1. The molecule has 16 heavy (non-hydrogen) atoms. The van der Waals surface area contributed by atoms with Gasteiger partial charge in [0.25, 0.3) is 0 Å². The van der Waals surface area contributed by atoms with Crippen molar-refractivity contribution >= 4 is 11.8 Å². The van der Waals surface area contributed by atoms with Crippen LogP contribution in [0.25, 0.3) is 0 Å². The summed E-state index contributed by atoms with van der Waals surface area (Å²) in [5.41, 5.74) is 0. The summed E-state index contributed by atoms with van der Waals surface area (Å²) in [6.07, 6.45) is 1.14. The number of nitrogens with one attached hydrogen (secondary N) is 1. The van der Waals surface area contributed by atoms with Crippen LogP contribution in [0.3, 0.4) is 0 Å². The highest BCUT2D eigenvalue weighted by Crippen LogP contribution is 2.13. The number of rotatable bonds is 8. The SMILES string of the molecule is CCCSc1nnnn1CCNCC(C)C. The smallest absolute Gasteiger partial charge is 0.209 e. The number of tetrazole rings is 1. The zero-order valence-electron chi connectivity index (χ0n) is 10.3. The molecule has 0 unspecified atom stereocenters.